The number of ether oxygens (including phenoxy) is 2. The lowest BCUT2D eigenvalue weighted by Gasteiger charge is -2.27. The standard InChI is InChI=1S/C19H30N2O4/c1-19(2,3)25-18(23)20-21-12-16(9-10-22)11-17(21)14-24-13-15-7-5-4-6-8-15/h4-8,16-17,22H,9-14H2,1-3H3,(H,20,23)/t16?,17-/m0/s1. The maximum atomic E-state index is 12.1. The number of aliphatic hydroxyl groups is 1. The Morgan fingerprint density at radius 3 is 2.68 bits per heavy atom. The maximum absolute atomic E-state index is 12.1. The van der Waals surface area contributed by atoms with Crippen LogP contribution in [0.4, 0.5) is 4.79 Å². The highest BCUT2D eigenvalue weighted by atomic mass is 16.6. The van der Waals surface area contributed by atoms with Gasteiger partial charge in [0.25, 0.3) is 0 Å². The molecule has 1 aliphatic rings. The van der Waals surface area contributed by atoms with Crippen LogP contribution >= 0.6 is 0 Å². The van der Waals surface area contributed by atoms with Crippen molar-refractivity contribution < 1.29 is 19.4 Å². The number of amides is 1. The minimum Gasteiger partial charge on any atom is -0.443 e. The van der Waals surface area contributed by atoms with Crippen LogP contribution in [0.15, 0.2) is 30.3 Å². The van der Waals surface area contributed by atoms with Crippen LogP contribution in [0.5, 0.6) is 0 Å². The van der Waals surface area contributed by atoms with Gasteiger partial charge in [0.1, 0.15) is 5.60 Å². The molecule has 2 rings (SSSR count). The summed E-state index contributed by atoms with van der Waals surface area (Å²) < 4.78 is 11.2. The highest BCUT2D eigenvalue weighted by molar-refractivity contribution is 5.67. The van der Waals surface area contributed by atoms with Gasteiger partial charge in [-0.05, 0) is 45.1 Å². The molecular weight excluding hydrogens is 320 g/mol. The molecule has 0 bridgehead atoms. The van der Waals surface area contributed by atoms with Gasteiger partial charge in [0.2, 0.25) is 0 Å². The number of hydrazine groups is 1. The fraction of sp³-hybridized carbons (Fsp3) is 0.632. The van der Waals surface area contributed by atoms with E-state index in [0.29, 0.717) is 25.7 Å². The number of nitrogens with zero attached hydrogens (tertiary/aromatic N) is 1. The third kappa shape index (κ3) is 7.02. The summed E-state index contributed by atoms with van der Waals surface area (Å²) in [6, 6.07) is 10.1. The molecule has 1 aromatic carbocycles. The molecule has 1 unspecified atom stereocenters. The van der Waals surface area contributed by atoms with E-state index in [4.69, 9.17) is 9.47 Å². The molecule has 0 aromatic heterocycles. The molecule has 25 heavy (non-hydrogen) atoms. The van der Waals surface area contributed by atoms with Crippen LogP contribution in [0.1, 0.15) is 39.2 Å². The van der Waals surface area contributed by atoms with Crippen molar-refractivity contribution in [2.75, 3.05) is 19.8 Å². The highest BCUT2D eigenvalue weighted by Crippen LogP contribution is 2.25. The number of hydrogen-bond acceptors (Lipinski definition) is 5. The fourth-order valence-corrected chi connectivity index (χ4v) is 3.01. The molecule has 1 aliphatic heterocycles. The summed E-state index contributed by atoms with van der Waals surface area (Å²) in [5.74, 6) is 0.338. The minimum absolute atomic E-state index is 0.0766. The Morgan fingerprint density at radius 1 is 1.32 bits per heavy atom. The molecule has 0 radical (unpaired) electrons. The van der Waals surface area contributed by atoms with Crippen LogP contribution in [0.25, 0.3) is 0 Å². The summed E-state index contributed by atoms with van der Waals surface area (Å²) in [5.41, 5.74) is 3.42. The van der Waals surface area contributed by atoms with Crippen LogP contribution in [0.3, 0.4) is 0 Å². The Labute approximate surface area is 150 Å². The predicted molar refractivity (Wildman–Crippen MR) is 95.8 cm³/mol. The Hall–Kier alpha value is -1.63. The van der Waals surface area contributed by atoms with Gasteiger partial charge in [0.05, 0.1) is 19.3 Å². The molecule has 0 saturated carbocycles. The maximum Gasteiger partial charge on any atom is 0.422 e. The SMILES string of the molecule is CC(C)(C)OC(=O)NN1CC(CCO)C[C@H]1COCc1ccccc1. The summed E-state index contributed by atoms with van der Waals surface area (Å²) in [7, 11) is 0. The molecule has 1 heterocycles. The zero-order chi connectivity index (χ0) is 18.3. The third-order valence-corrected chi connectivity index (χ3v) is 4.09. The van der Waals surface area contributed by atoms with Gasteiger partial charge in [0.15, 0.2) is 0 Å². The first-order valence-electron chi connectivity index (χ1n) is 8.86. The lowest BCUT2D eigenvalue weighted by molar-refractivity contribution is 0.0145. The van der Waals surface area contributed by atoms with Crippen molar-refractivity contribution in [3.05, 3.63) is 35.9 Å². The molecule has 0 spiro atoms. The first-order valence-corrected chi connectivity index (χ1v) is 8.86. The summed E-state index contributed by atoms with van der Waals surface area (Å²) in [5, 5.41) is 11.1. The average Bonchev–Trinajstić information content (AvgIpc) is 2.88. The van der Waals surface area contributed by atoms with Gasteiger partial charge in [-0.25, -0.2) is 9.80 Å². The molecule has 1 saturated heterocycles. The molecule has 6 heteroatoms. The van der Waals surface area contributed by atoms with Crippen LogP contribution in [0, 0.1) is 5.92 Å². The normalized spacial score (nSPS) is 21.3. The third-order valence-electron chi connectivity index (χ3n) is 4.09. The van der Waals surface area contributed by atoms with Gasteiger partial charge in [-0.3, -0.25) is 5.43 Å². The average molecular weight is 350 g/mol. The van der Waals surface area contributed by atoms with E-state index in [0.717, 1.165) is 18.4 Å². The van der Waals surface area contributed by atoms with Crippen molar-refractivity contribution in [2.24, 2.45) is 5.92 Å². The first kappa shape index (κ1) is 19.7. The molecule has 2 N–H and O–H groups in total. The van der Waals surface area contributed by atoms with Gasteiger partial charge < -0.3 is 14.6 Å². The monoisotopic (exact) mass is 350 g/mol. The van der Waals surface area contributed by atoms with Crippen LogP contribution < -0.4 is 5.43 Å². The largest absolute Gasteiger partial charge is 0.443 e. The number of rotatable bonds is 7. The minimum atomic E-state index is -0.534. The molecule has 1 aromatic rings. The van der Waals surface area contributed by atoms with E-state index in [-0.39, 0.29) is 12.6 Å². The molecule has 2 atom stereocenters. The predicted octanol–water partition coefficient (Wildman–Crippen LogP) is 2.72. The van der Waals surface area contributed by atoms with Gasteiger partial charge >= 0.3 is 6.09 Å². The Balaban J connectivity index is 1.86. The van der Waals surface area contributed by atoms with Crippen LogP contribution in [-0.4, -0.2) is 47.6 Å². The molecule has 1 fully saturated rings. The van der Waals surface area contributed by atoms with E-state index >= 15 is 0 Å². The molecule has 1 amide bonds. The number of carbonyl (C=O) groups excluding carboxylic acids is 1. The summed E-state index contributed by atoms with van der Waals surface area (Å²) in [6.07, 6.45) is 1.15. The highest BCUT2D eigenvalue weighted by Gasteiger charge is 2.33. The second kappa shape index (κ2) is 9.17. The van der Waals surface area contributed by atoms with E-state index in [1.807, 2.05) is 56.1 Å². The number of nitrogens with one attached hydrogen (secondary N) is 1. The number of benzene rings is 1. The van der Waals surface area contributed by atoms with Gasteiger partial charge in [-0.15, -0.1) is 0 Å². The summed E-state index contributed by atoms with van der Waals surface area (Å²) in [4.78, 5) is 12.1. The van der Waals surface area contributed by atoms with E-state index in [1.54, 1.807) is 0 Å². The van der Waals surface area contributed by atoms with Crippen molar-refractivity contribution in [2.45, 2.75) is 51.9 Å². The number of hydrogen-bond donors (Lipinski definition) is 2. The van der Waals surface area contributed by atoms with Crippen LogP contribution in [0.2, 0.25) is 0 Å². The van der Waals surface area contributed by atoms with Crippen molar-refractivity contribution in [1.82, 2.24) is 10.4 Å². The van der Waals surface area contributed by atoms with Crippen molar-refractivity contribution in [3.63, 3.8) is 0 Å². The zero-order valence-corrected chi connectivity index (χ0v) is 15.4. The van der Waals surface area contributed by atoms with E-state index in [2.05, 4.69) is 5.43 Å². The second-order valence-electron chi connectivity index (χ2n) is 7.53. The van der Waals surface area contributed by atoms with Crippen molar-refractivity contribution in [1.29, 1.82) is 0 Å². The summed E-state index contributed by atoms with van der Waals surface area (Å²) >= 11 is 0. The van der Waals surface area contributed by atoms with Gasteiger partial charge in [0, 0.05) is 13.2 Å². The topological polar surface area (TPSA) is 71.0 Å². The van der Waals surface area contributed by atoms with Gasteiger partial charge in [-0.2, -0.15) is 0 Å². The Bertz CT molecular complexity index is 530. The summed E-state index contributed by atoms with van der Waals surface area (Å²) in [6.45, 7) is 7.43. The Kier molecular flexibility index (Phi) is 7.23. The smallest absolute Gasteiger partial charge is 0.422 e. The van der Waals surface area contributed by atoms with Crippen LogP contribution in [-0.2, 0) is 16.1 Å². The molecule has 140 valence electrons. The number of carbonyl (C=O) groups is 1. The molecular formula is C19H30N2O4. The van der Waals surface area contributed by atoms with E-state index in [1.165, 1.54) is 0 Å². The van der Waals surface area contributed by atoms with Crippen molar-refractivity contribution in [3.8, 4) is 0 Å². The lowest BCUT2D eigenvalue weighted by atomic mass is 10.0. The van der Waals surface area contributed by atoms with Crippen molar-refractivity contribution >= 4 is 6.09 Å². The molecule has 6 nitrogen and oxygen atoms in total. The van der Waals surface area contributed by atoms with E-state index < -0.39 is 11.7 Å². The quantitative estimate of drug-likeness (QED) is 0.791. The second-order valence-corrected chi connectivity index (χ2v) is 7.53. The first-order chi connectivity index (χ1) is 11.9. The van der Waals surface area contributed by atoms with E-state index in [9.17, 15) is 9.90 Å². The number of aliphatic hydroxyl groups excluding tert-OH is 1. The lowest BCUT2D eigenvalue weighted by Crippen LogP contribution is -2.48. The fourth-order valence-electron chi connectivity index (χ4n) is 3.01. The molecule has 0 aliphatic carbocycles. The van der Waals surface area contributed by atoms with Gasteiger partial charge in [-0.1, -0.05) is 30.3 Å². The Morgan fingerprint density at radius 2 is 2.04 bits per heavy atom. The zero-order valence-electron chi connectivity index (χ0n) is 15.4.